The summed E-state index contributed by atoms with van der Waals surface area (Å²) in [5.74, 6) is 2.67. The average molecular weight is 441 g/mol. The predicted octanol–water partition coefficient (Wildman–Crippen LogP) is 6.95. The molecule has 0 aliphatic carbocycles. The Balaban J connectivity index is 1.91. The van der Waals surface area contributed by atoms with E-state index in [0.29, 0.717) is 5.92 Å². The van der Waals surface area contributed by atoms with Gasteiger partial charge in [-0.3, -0.25) is 0 Å². The van der Waals surface area contributed by atoms with E-state index in [2.05, 4.69) is 102 Å². The highest BCUT2D eigenvalue weighted by molar-refractivity contribution is 6.88. The van der Waals surface area contributed by atoms with Crippen LogP contribution in [0.1, 0.15) is 30.5 Å². The molecule has 3 aromatic carbocycles. The van der Waals surface area contributed by atoms with Crippen LogP contribution in [0.25, 0.3) is 32.8 Å². The van der Waals surface area contributed by atoms with E-state index in [1.807, 2.05) is 0 Å². The molecule has 0 bridgehead atoms. The van der Waals surface area contributed by atoms with Crippen molar-refractivity contribution in [2.75, 3.05) is 0 Å². The normalized spacial score (nSPS) is 13.0. The van der Waals surface area contributed by atoms with Crippen LogP contribution in [0.3, 0.4) is 0 Å². The Labute approximate surface area is 192 Å². The number of ether oxygens (including phenoxy) is 1. The van der Waals surface area contributed by atoms with Gasteiger partial charge in [0.25, 0.3) is 0 Å². The number of pyridine rings is 1. The van der Waals surface area contributed by atoms with Gasteiger partial charge in [0.05, 0.1) is 19.0 Å². The van der Waals surface area contributed by atoms with Gasteiger partial charge in [-0.2, -0.15) is 0 Å². The molecule has 0 atom stereocenters. The molecule has 0 saturated heterocycles. The number of benzene rings is 3. The average Bonchev–Trinajstić information content (AvgIpc) is 2.72. The molecule has 1 aromatic heterocycles. The number of fused-ring (bicyclic) bond motifs is 3. The van der Waals surface area contributed by atoms with Gasteiger partial charge in [-0.25, -0.2) is 4.57 Å². The van der Waals surface area contributed by atoms with Crippen molar-refractivity contribution in [1.29, 1.82) is 0 Å². The van der Waals surface area contributed by atoms with Crippen molar-refractivity contribution in [3.63, 3.8) is 0 Å². The van der Waals surface area contributed by atoms with Crippen LogP contribution in [-0.4, -0.2) is 8.07 Å². The van der Waals surface area contributed by atoms with E-state index < -0.39 is 8.07 Å². The lowest BCUT2D eigenvalue weighted by Gasteiger charge is -2.27. The van der Waals surface area contributed by atoms with Crippen molar-refractivity contribution < 1.29 is 9.30 Å². The van der Waals surface area contributed by atoms with Crippen molar-refractivity contribution in [1.82, 2.24) is 0 Å². The second-order valence-corrected chi connectivity index (χ2v) is 16.0. The quantitative estimate of drug-likeness (QED) is 0.218. The summed E-state index contributed by atoms with van der Waals surface area (Å²) in [5.41, 5.74) is 6.52. The summed E-state index contributed by atoms with van der Waals surface area (Å²) in [6.07, 6.45) is 3.29. The Bertz CT molecular complexity index is 1410. The second-order valence-electron chi connectivity index (χ2n) is 11.0. The van der Waals surface area contributed by atoms with Crippen molar-refractivity contribution in [2.45, 2.75) is 53.8 Å². The van der Waals surface area contributed by atoms with E-state index in [1.54, 1.807) is 0 Å². The van der Waals surface area contributed by atoms with Gasteiger partial charge in [0.2, 0.25) is 5.69 Å². The summed E-state index contributed by atoms with van der Waals surface area (Å²) in [6.45, 7) is 16.3. The fourth-order valence-corrected chi connectivity index (χ4v) is 6.53. The van der Waals surface area contributed by atoms with E-state index in [0.717, 1.165) is 17.9 Å². The fourth-order valence-electron chi connectivity index (χ4n) is 5.37. The first-order chi connectivity index (χ1) is 15.1. The van der Waals surface area contributed by atoms with Crippen LogP contribution in [0, 0.1) is 19.8 Å². The molecule has 2 nitrogen and oxygen atoms in total. The zero-order chi connectivity index (χ0) is 22.9. The van der Waals surface area contributed by atoms with E-state index in [-0.39, 0.29) is 0 Å². The minimum atomic E-state index is -1.48. The smallest absolute Gasteiger partial charge is 0.228 e. The van der Waals surface area contributed by atoms with Crippen molar-refractivity contribution >= 4 is 34.8 Å². The van der Waals surface area contributed by atoms with Gasteiger partial charge in [0.1, 0.15) is 18.5 Å². The largest absolute Gasteiger partial charge is 0.455 e. The molecular formula is C29H34NOSi+. The summed E-state index contributed by atoms with van der Waals surface area (Å²) in [5, 5.41) is 6.69. The van der Waals surface area contributed by atoms with Gasteiger partial charge >= 0.3 is 0 Å². The molecule has 0 radical (unpaired) electrons. The van der Waals surface area contributed by atoms with E-state index >= 15 is 0 Å². The van der Waals surface area contributed by atoms with Gasteiger partial charge in [-0.1, -0.05) is 62.9 Å². The topological polar surface area (TPSA) is 13.1 Å². The molecule has 0 spiro atoms. The van der Waals surface area contributed by atoms with Crippen LogP contribution in [0.5, 0.6) is 11.5 Å². The first-order valence-corrected chi connectivity index (χ1v) is 15.3. The Morgan fingerprint density at radius 1 is 0.969 bits per heavy atom. The molecule has 1 aliphatic heterocycles. The third-order valence-electron chi connectivity index (χ3n) is 7.02. The van der Waals surface area contributed by atoms with Crippen LogP contribution >= 0.6 is 0 Å². The first-order valence-electron chi connectivity index (χ1n) is 11.8. The third-order valence-corrected chi connectivity index (χ3v) is 9.04. The van der Waals surface area contributed by atoms with Crippen molar-refractivity contribution in [2.24, 2.45) is 13.0 Å². The van der Waals surface area contributed by atoms with Gasteiger partial charge < -0.3 is 4.74 Å². The highest BCUT2D eigenvalue weighted by Gasteiger charge is 2.33. The molecule has 0 amide bonds. The van der Waals surface area contributed by atoms with Crippen LogP contribution < -0.4 is 14.5 Å². The van der Waals surface area contributed by atoms with E-state index in [1.165, 1.54) is 54.7 Å². The van der Waals surface area contributed by atoms with Gasteiger partial charge in [0.15, 0.2) is 6.20 Å². The highest BCUT2D eigenvalue weighted by atomic mass is 28.3. The molecule has 0 saturated carbocycles. The lowest BCUT2D eigenvalue weighted by Crippen LogP contribution is -2.38. The third kappa shape index (κ3) is 3.09. The van der Waals surface area contributed by atoms with Crippen LogP contribution in [0.2, 0.25) is 19.6 Å². The summed E-state index contributed by atoms with van der Waals surface area (Å²) in [4.78, 5) is 0. The van der Waals surface area contributed by atoms with E-state index in [9.17, 15) is 0 Å². The zero-order valence-corrected chi connectivity index (χ0v) is 21.7. The first kappa shape index (κ1) is 21.2. The van der Waals surface area contributed by atoms with Crippen LogP contribution in [0.15, 0.2) is 42.6 Å². The van der Waals surface area contributed by atoms with Crippen molar-refractivity contribution in [3.05, 3.63) is 59.3 Å². The van der Waals surface area contributed by atoms with E-state index in [4.69, 9.17) is 4.74 Å². The zero-order valence-electron chi connectivity index (χ0n) is 20.7. The number of rotatable bonds is 3. The summed E-state index contributed by atoms with van der Waals surface area (Å²) in [6, 6.07) is 13.8. The molecule has 164 valence electrons. The van der Waals surface area contributed by atoms with Gasteiger partial charge in [-0.05, 0) is 59.5 Å². The van der Waals surface area contributed by atoms with Crippen molar-refractivity contribution in [3.8, 4) is 22.8 Å². The minimum absolute atomic E-state index is 0.615. The Kier molecular flexibility index (Phi) is 4.76. The number of hydrogen-bond acceptors (Lipinski definition) is 1. The molecule has 2 heterocycles. The lowest BCUT2D eigenvalue weighted by molar-refractivity contribution is -0.659. The summed E-state index contributed by atoms with van der Waals surface area (Å²) >= 11 is 0. The summed E-state index contributed by atoms with van der Waals surface area (Å²) in [7, 11) is 0.682. The number of nitrogens with zero attached hydrogens (tertiary/aromatic N) is 1. The maximum atomic E-state index is 6.83. The molecule has 3 heteroatoms. The summed E-state index contributed by atoms with van der Waals surface area (Å²) < 4.78 is 9.10. The van der Waals surface area contributed by atoms with Gasteiger partial charge in [0, 0.05) is 11.6 Å². The predicted molar refractivity (Wildman–Crippen MR) is 139 cm³/mol. The SMILES string of the molecule is Cc1c2c(c(C)c3c(CC(C)C)cccc13)Oc1cc([Si](C)(C)C)cc3cc[n+](C)c-2c13. The molecule has 0 N–H and O–H groups in total. The number of aryl methyl sites for hydroxylation is 3. The molecular weight excluding hydrogens is 406 g/mol. The number of hydrogen-bond donors (Lipinski definition) is 0. The molecule has 0 unspecified atom stereocenters. The fraction of sp³-hybridized carbons (Fsp3) is 0.345. The highest BCUT2D eigenvalue weighted by Crippen LogP contribution is 2.50. The van der Waals surface area contributed by atoms with Crippen LogP contribution in [-0.2, 0) is 13.5 Å². The number of aromatic nitrogens is 1. The molecule has 32 heavy (non-hydrogen) atoms. The molecule has 0 fully saturated rings. The molecule has 5 rings (SSSR count). The van der Waals surface area contributed by atoms with Crippen LogP contribution in [0.4, 0.5) is 0 Å². The van der Waals surface area contributed by atoms with Gasteiger partial charge in [-0.15, -0.1) is 0 Å². The Hall–Kier alpha value is -2.65. The Morgan fingerprint density at radius 3 is 2.41 bits per heavy atom. The minimum Gasteiger partial charge on any atom is -0.455 e. The molecule has 4 aromatic rings. The second kappa shape index (κ2) is 7.18. The Morgan fingerprint density at radius 2 is 1.72 bits per heavy atom. The molecule has 1 aliphatic rings. The maximum absolute atomic E-state index is 6.83. The monoisotopic (exact) mass is 440 g/mol. The lowest BCUT2D eigenvalue weighted by atomic mass is 9.86. The maximum Gasteiger partial charge on any atom is 0.228 e. The standard InChI is InChI=1S/C29H34NOSi/c1-17(2)14-20-10-9-11-23-18(3)26-28-27-21(12-13-30(28)5)15-22(32(6,7)8)16-24(27)31-29(26)19(4)25(20)23/h9-13,15-17H,14H2,1-8H3/q+1.